The molecule has 0 bridgehead atoms. The molecule has 0 aliphatic carbocycles. The predicted molar refractivity (Wildman–Crippen MR) is 75.4 cm³/mol. The van der Waals surface area contributed by atoms with Crippen LogP contribution in [0.4, 0.5) is 5.82 Å². The highest BCUT2D eigenvalue weighted by molar-refractivity contribution is 6.28. The normalized spacial score (nSPS) is 23.2. The fraction of sp³-hybridized carbons (Fsp3) is 0.500. The Balaban J connectivity index is 2.04. The molecule has 0 aromatic carbocycles. The SMILES string of the molecule is CC1CCC(C(N)=O)CN1c1nc(Cl)nc2nc[nH]c12. The first-order chi connectivity index (χ1) is 9.56. The van der Waals surface area contributed by atoms with Crippen LogP contribution in [-0.2, 0) is 4.79 Å². The highest BCUT2D eigenvalue weighted by Crippen LogP contribution is 2.30. The number of H-pyrrole nitrogens is 1. The molecule has 1 aliphatic heterocycles. The van der Waals surface area contributed by atoms with Crippen molar-refractivity contribution in [2.45, 2.75) is 25.8 Å². The largest absolute Gasteiger partial charge is 0.369 e. The molecule has 1 aliphatic rings. The Labute approximate surface area is 120 Å². The van der Waals surface area contributed by atoms with Gasteiger partial charge in [0.1, 0.15) is 5.52 Å². The van der Waals surface area contributed by atoms with Crippen LogP contribution in [0.25, 0.3) is 11.2 Å². The number of nitrogens with one attached hydrogen (secondary N) is 1. The summed E-state index contributed by atoms with van der Waals surface area (Å²) in [4.78, 5) is 29.0. The molecule has 0 radical (unpaired) electrons. The molecular weight excluding hydrogens is 280 g/mol. The minimum absolute atomic E-state index is 0.146. The zero-order valence-electron chi connectivity index (χ0n) is 11.0. The van der Waals surface area contributed by atoms with E-state index in [1.54, 1.807) is 6.33 Å². The Morgan fingerprint density at radius 3 is 3.05 bits per heavy atom. The molecule has 3 rings (SSSR count). The summed E-state index contributed by atoms with van der Waals surface area (Å²) in [5.74, 6) is 0.233. The average Bonchev–Trinajstić information content (AvgIpc) is 2.86. The molecule has 20 heavy (non-hydrogen) atoms. The number of amides is 1. The first kappa shape index (κ1) is 13.1. The lowest BCUT2D eigenvalue weighted by Gasteiger charge is -2.37. The second-order valence-corrected chi connectivity index (χ2v) is 5.43. The molecule has 0 spiro atoms. The predicted octanol–water partition coefficient (Wildman–Crippen LogP) is 1.10. The third-order valence-corrected chi connectivity index (χ3v) is 3.96. The number of imidazole rings is 1. The van der Waals surface area contributed by atoms with E-state index < -0.39 is 0 Å². The molecule has 2 atom stereocenters. The summed E-state index contributed by atoms with van der Waals surface area (Å²) < 4.78 is 0. The van der Waals surface area contributed by atoms with Crippen LogP contribution in [0.2, 0.25) is 5.28 Å². The van der Waals surface area contributed by atoms with Crippen molar-refractivity contribution in [1.82, 2.24) is 19.9 Å². The molecule has 1 saturated heterocycles. The number of halogens is 1. The third kappa shape index (κ3) is 2.18. The number of hydrogen-bond acceptors (Lipinski definition) is 5. The number of nitrogens with two attached hydrogens (primary N) is 1. The van der Waals surface area contributed by atoms with Gasteiger partial charge in [-0.25, -0.2) is 4.98 Å². The lowest BCUT2D eigenvalue weighted by Crippen LogP contribution is -2.46. The Morgan fingerprint density at radius 1 is 1.50 bits per heavy atom. The van der Waals surface area contributed by atoms with E-state index in [0.29, 0.717) is 18.0 Å². The number of aromatic amines is 1. The highest BCUT2D eigenvalue weighted by Gasteiger charge is 2.31. The summed E-state index contributed by atoms with van der Waals surface area (Å²) in [6.45, 7) is 2.63. The molecule has 2 aromatic rings. The number of carbonyl (C=O) groups is 1. The number of aromatic nitrogens is 4. The van der Waals surface area contributed by atoms with Crippen molar-refractivity contribution in [2.24, 2.45) is 11.7 Å². The number of fused-ring (bicyclic) bond motifs is 1. The number of nitrogens with zero attached hydrogens (tertiary/aromatic N) is 4. The lowest BCUT2D eigenvalue weighted by atomic mass is 9.93. The van der Waals surface area contributed by atoms with E-state index >= 15 is 0 Å². The fourth-order valence-corrected chi connectivity index (χ4v) is 2.79. The van der Waals surface area contributed by atoms with Gasteiger partial charge in [-0.2, -0.15) is 9.97 Å². The minimum atomic E-state index is -0.275. The van der Waals surface area contributed by atoms with Crippen molar-refractivity contribution in [3.05, 3.63) is 11.6 Å². The second-order valence-electron chi connectivity index (χ2n) is 5.10. The summed E-state index contributed by atoms with van der Waals surface area (Å²) in [5, 5.41) is 0.146. The number of rotatable bonds is 2. The number of primary amides is 1. The van der Waals surface area contributed by atoms with Crippen molar-refractivity contribution in [1.29, 1.82) is 0 Å². The van der Waals surface area contributed by atoms with Crippen molar-refractivity contribution in [3.8, 4) is 0 Å². The van der Waals surface area contributed by atoms with E-state index in [1.165, 1.54) is 0 Å². The molecule has 3 N–H and O–H groups in total. The Kier molecular flexibility index (Phi) is 3.21. The molecule has 1 fully saturated rings. The van der Waals surface area contributed by atoms with Gasteiger partial charge in [0, 0.05) is 12.6 Å². The summed E-state index contributed by atoms with van der Waals surface area (Å²) in [5.41, 5.74) is 6.68. The van der Waals surface area contributed by atoms with Crippen LogP contribution in [0.15, 0.2) is 6.33 Å². The van der Waals surface area contributed by atoms with Crippen LogP contribution in [0.5, 0.6) is 0 Å². The van der Waals surface area contributed by atoms with E-state index in [-0.39, 0.29) is 23.2 Å². The summed E-state index contributed by atoms with van der Waals surface area (Å²) >= 11 is 5.95. The monoisotopic (exact) mass is 294 g/mol. The summed E-state index contributed by atoms with van der Waals surface area (Å²) in [6, 6.07) is 0.253. The second kappa shape index (κ2) is 4.90. The van der Waals surface area contributed by atoms with Gasteiger partial charge < -0.3 is 15.6 Å². The van der Waals surface area contributed by atoms with Crippen molar-refractivity contribution < 1.29 is 4.79 Å². The van der Waals surface area contributed by atoms with Crippen molar-refractivity contribution in [2.75, 3.05) is 11.4 Å². The van der Waals surface area contributed by atoms with Crippen LogP contribution in [0, 0.1) is 5.92 Å². The third-order valence-electron chi connectivity index (χ3n) is 3.80. The first-order valence-corrected chi connectivity index (χ1v) is 6.86. The maximum Gasteiger partial charge on any atom is 0.226 e. The molecular formula is C12H15ClN6O. The lowest BCUT2D eigenvalue weighted by molar-refractivity contribution is -0.122. The van der Waals surface area contributed by atoms with Crippen molar-refractivity contribution in [3.63, 3.8) is 0 Å². The van der Waals surface area contributed by atoms with Gasteiger partial charge in [0.25, 0.3) is 0 Å². The molecule has 2 aromatic heterocycles. The quantitative estimate of drug-likeness (QED) is 0.808. The smallest absolute Gasteiger partial charge is 0.226 e. The topological polar surface area (TPSA) is 101 Å². The Hall–Kier alpha value is -1.89. The molecule has 2 unspecified atom stereocenters. The van der Waals surface area contributed by atoms with Gasteiger partial charge in [-0.05, 0) is 31.4 Å². The van der Waals surface area contributed by atoms with Crippen LogP contribution in [0.1, 0.15) is 19.8 Å². The van der Waals surface area contributed by atoms with Gasteiger partial charge in [-0.3, -0.25) is 4.79 Å². The van der Waals surface area contributed by atoms with Crippen LogP contribution in [-0.4, -0.2) is 38.4 Å². The van der Waals surface area contributed by atoms with E-state index in [0.717, 1.165) is 18.4 Å². The number of piperidine rings is 1. The van der Waals surface area contributed by atoms with Gasteiger partial charge >= 0.3 is 0 Å². The number of carbonyl (C=O) groups excluding carboxylic acids is 1. The molecule has 0 saturated carbocycles. The Morgan fingerprint density at radius 2 is 2.30 bits per heavy atom. The van der Waals surface area contributed by atoms with E-state index in [2.05, 4.69) is 26.9 Å². The van der Waals surface area contributed by atoms with Gasteiger partial charge in [-0.15, -0.1) is 0 Å². The maximum atomic E-state index is 11.4. The van der Waals surface area contributed by atoms with Gasteiger partial charge in [0.05, 0.1) is 12.2 Å². The highest BCUT2D eigenvalue weighted by atomic mass is 35.5. The number of anilines is 1. The van der Waals surface area contributed by atoms with Crippen LogP contribution >= 0.6 is 11.6 Å². The van der Waals surface area contributed by atoms with E-state index in [9.17, 15) is 4.79 Å². The zero-order valence-corrected chi connectivity index (χ0v) is 11.8. The standard InChI is InChI=1S/C12H15ClN6O/c1-6-2-3-7(9(14)20)4-19(6)11-8-10(16-5-15-8)17-12(13)18-11/h5-7H,2-4H2,1H3,(H2,14,20)(H,15,16,17,18). The summed E-state index contributed by atoms with van der Waals surface area (Å²) in [6.07, 6.45) is 3.24. The molecule has 3 heterocycles. The minimum Gasteiger partial charge on any atom is -0.369 e. The van der Waals surface area contributed by atoms with E-state index in [4.69, 9.17) is 17.3 Å². The number of hydrogen-bond donors (Lipinski definition) is 2. The molecule has 1 amide bonds. The van der Waals surface area contributed by atoms with Crippen LogP contribution in [0.3, 0.4) is 0 Å². The molecule has 7 nitrogen and oxygen atoms in total. The van der Waals surface area contributed by atoms with Gasteiger partial charge in [-0.1, -0.05) is 0 Å². The summed E-state index contributed by atoms with van der Waals surface area (Å²) in [7, 11) is 0. The Bertz CT molecular complexity index is 656. The van der Waals surface area contributed by atoms with Gasteiger partial charge in [0.15, 0.2) is 11.5 Å². The maximum absolute atomic E-state index is 11.4. The zero-order chi connectivity index (χ0) is 14.3. The molecule has 106 valence electrons. The van der Waals surface area contributed by atoms with Crippen molar-refractivity contribution >= 4 is 34.5 Å². The molecule has 8 heteroatoms. The average molecular weight is 295 g/mol. The fourth-order valence-electron chi connectivity index (χ4n) is 2.63. The van der Waals surface area contributed by atoms with Gasteiger partial charge in [0.2, 0.25) is 11.2 Å². The first-order valence-electron chi connectivity index (χ1n) is 6.49. The van der Waals surface area contributed by atoms with E-state index in [1.807, 2.05) is 4.90 Å². The van der Waals surface area contributed by atoms with Crippen LogP contribution < -0.4 is 10.6 Å².